The first-order chi connectivity index (χ1) is 8.54. The van der Waals surface area contributed by atoms with Crippen LogP contribution in [0.15, 0.2) is 36.5 Å². The van der Waals surface area contributed by atoms with Gasteiger partial charge in [-0.15, -0.1) is 0 Å². The van der Waals surface area contributed by atoms with E-state index in [4.69, 9.17) is 0 Å². The second-order valence-corrected chi connectivity index (χ2v) is 3.70. The summed E-state index contributed by atoms with van der Waals surface area (Å²) in [6, 6.07) is 7.96. The molecule has 0 saturated heterocycles. The fraction of sp³-hybridized carbons (Fsp3) is 0.250. The monoisotopic (exact) mass is 258 g/mol. The number of rotatable bonds is 3. The molecule has 0 aliphatic rings. The van der Waals surface area contributed by atoms with E-state index in [1.807, 2.05) is 0 Å². The molecule has 2 rings (SSSR count). The van der Waals surface area contributed by atoms with Gasteiger partial charge in [0, 0.05) is 12.0 Å². The zero-order valence-corrected chi connectivity index (χ0v) is 9.28. The normalized spacial score (nSPS) is 11.8. The molecule has 96 valence electrons. The lowest BCUT2D eigenvalue weighted by molar-refractivity contribution is -0.143. The highest BCUT2D eigenvalue weighted by atomic mass is 19.4. The number of hydrogen-bond acceptors (Lipinski definition) is 1. The SMILES string of the molecule is FCCc1cnn(-c2ccccc2)c1C(F)(F)F. The molecular weight excluding hydrogens is 248 g/mol. The van der Waals surface area contributed by atoms with Gasteiger partial charge in [-0.1, -0.05) is 18.2 Å². The number of aryl methyl sites for hydroxylation is 1. The molecule has 0 radical (unpaired) electrons. The van der Waals surface area contributed by atoms with Crippen LogP contribution in [0.25, 0.3) is 5.69 Å². The molecule has 0 atom stereocenters. The van der Waals surface area contributed by atoms with Gasteiger partial charge in [0.1, 0.15) is 0 Å². The van der Waals surface area contributed by atoms with Crippen molar-refractivity contribution in [2.75, 3.05) is 6.67 Å². The van der Waals surface area contributed by atoms with Crippen molar-refractivity contribution in [3.63, 3.8) is 0 Å². The Morgan fingerprint density at radius 1 is 1.11 bits per heavy atom. The van der Waals surface area contributed by atoms with Crippen molar-refractivity contribution in [3.8, 4) is 5.69 Å². The van der Waals surface area contributed by atoms with Gasteiger partial charge in [-0.05, 0) is 12.1 Å². The Labute approximate surface area is 101 Å². The summed E-state index contributed by atoms with van der Waals surface area (Å²) < 4.78 is 52.0. The van der Waals surface area contributed by atoms with Gasteiger partial charge < -0.3 is 0 Å². The van der Waals surface area contributed by atoms with E-state index in [-0.39, 0.29) is 12.0 Å². The first kappa shape index (κ1) is 12.6. The molecule has 0 spiro atoms. The Hall–Kier alpha value is -1.85. The van der Waals surface area contributed by atoms with Gasteiger partial charge in [-0.25, -0.2) is 4.68 Å². The van der Waals surface area contributed by atoms with Crippen molar-refractivity contribution in [1.82, 2.24) is 9.78 Å². The van der Waals surface area contributed by atoms with Crippen LogP contribution in [0.1, 0.15) is 11.3 Å². The molecule has 1 aromatic carbocycles. The minimum absolute atomic E-state index is 0.131. The van der Waals surface area contributed by atoms with Gasteiger partial charge in [0.15, 0.2) is 5.69 Å². The molecule has 0 N–H and O–H groups in total. The fourth-order valence-electron chi connectivity index (χ4n) is 1.73. The lowest BCUT2D eigenvalue weighted by Crippen LogP contribution is -2.15. The lowest BCUT2D eigenvalue weighted by Gasteiger charge is -2.12. The van der Waals surface area contributed by atoms with E-state index in [1.54, 1.807) is 18.2 Å². The molecule has 0 unspecified atom stereocenters. The number of hydrogen-bond donors (Lipinski definition) is 0. The highest BCUT2D eigenvalue weighted by Gasteiger charge is 2.38. The largest absolute Gasteiger partial charge is 0.433 e. The highest BCUT2D eigenvalue weighted by molar-refractivity contribution is 5.36. The summed E-state index contributed by atoms with van der Waals surface area (Å²) in [4.78, 5) is 0. The van der Waals surface area contributed by atoms with Crippen LogP contribution in [0.3, 0.4) is 0 Å². The summed E-state index contributed by atoms with van der Waals surface area (Å²) in [5.74, 6) is 0. The predicted molar refractivity (Wildman–Crippen MR) is 58.2 cm³/mol. The molecule has 1 heterocycles. The zero-order chi connectivity index (χ0) is 13.2. The summed E-state index contributed by atoms with van der Waals surface area (Å²) in [7, 11) is 0. The van der Waals surface area contributed by atoms with E-state index >= 15 is 0 Å². The minimum atomic E-state index is -4.56. The quantitative estimate of drug-likeness (QED) is 0.771. The van der Waals surface area contributed by atoms with Crippen LogP contribution in [-0.4, -0.2) is 16.5 Å². The molecule has 0 aliphatic heterocycles. The van der Waals surface area contributed by atoms with Crippen LogP contribution >= 0.6 is 0 Å². The van der Waals surface area contributed by atoms with E-state index in [1.165, 1.54) is 12.1 Å². The number of benzene rings is 1. The lowest BCUT2D eigenvalue weighted by atomic mass is 10.2. The molecule has 18 heavy (non-hydrogen) atoms. The number of para-hydroxylation sites is 1. The molecule has 0 saturated carbocycles. The molecule has 0 aliphatic carbocycles. The van der Waals surface area contributed by atoms with E-state index in [9.17, 15) is 17.6 Å². The highest BCUT2D eigenvalue weighted by Crippen LogP contribution is 2.33. The van der Waals surface area contributed by atoms with Crippen LogP contribution in [0.4, 0.5) is 17.6 Å². The van der Waals surface area contributed by atoms with Crippen molar-refractivity contribution in [3.05, 3.63) is 47.8 Å². The van der Waals surface area contributed by atoms with Gasteiger partial charge in [0.2, 0.25) is 0 Å². The van der Waals surface area contributed by atoms with Gasteiger partial charge in [-0.3, -0.25) is 4.39 Å². The van der Waals surface area contributed by atoms with Crippen LogP contribution in [0, 0.1) is 0 Å². The van der Waals surface area contributed by atoms with E-state index in [0.29, 0.717) is 5.69 Å². The third-order valence-corrected chi connectivity index (χ3v) is 2.48. The van der Waals surface area contributed by atoms with Crippen LogP contribution in [0.5, 0.6) is 0 Å². The van der Waals surface area contributed by atoms with E-state index in [2.05, 4.69) is 5.10 Å². The molecule has 1 aromatic heterocycles. The van der Waals surface area contributed by atoms with Crippen LogP contribution < -0.4 is 0 Å². The summed E-state index contributed by atoms with van der Waals surface area (Å²) >= 11 is 0. The van der Waals surface area contributed by atoms with E-state index in [0.717, 1.165) is 10.9 Å². The minimum Gasteiger partial charge on any atom is -0.251 e. The Bertz CT molecular complexity index is 517. The van der Waals surface area contributed by atoms with Gasteiger partial charge in [-0.2, -0.15) is 18.3 Å². The summed E-state index contributed by atoms with van der Waals surface area (Å²) in [6.07, 6.45) is -3.78. The number of nitrogens with zero attached hydrogens (tertiary/aromatic N) is 2. The van der Waals surface area contributed by atoms with Crippen molar-refractivity contribution in [2.45, 2.75) is 12.6 Å². The summed E-state index contributed by atoms with van der Waals surface area (Å²) in [5, 5.41) is 3.70. The predicted octanol–water partition coefficient (Wildman–Crippen LogP) is 3.40. The molecule has 0 fully saturated rings. The fourth-order valence-corrected chi connectivity index (χ4v) is 1.73. The number of aromatic nitrogens is 2. The average molecular weight is 258 g/mol. The molecule has 6 heteroatoms. The third-order valence-electron chi connectivity index (χ3n) is 2.48. The van der Waals surface area contributed by atoms with Crippen molar-refractivity contribution in [2.24, 2.45) is 0 Å². The second-order valence-electron chi connectivity index (χ2n) is 3.70. The first-order valence-corrected chi connectivity index (χ1v) is 5.29. The smallest absolute Gasteiger partial charge is 0.251 e. The maximum Gasteiger partial charge on any atom is 0.433 e. The first-order valence-electron chi connectivity index (χ1n) is 5.29. The van der Waals surface area contributed by atoms with Crippen molar-refractivity contribution >= 4 is 0 Å². The summed E-state index contributed by atoms with van der Waals surface area (Å²) in [5.41, 5.74) is -0.741. The third kappa shape index (κ3) is 2.37. The Morgan fingerprint density at radius 2 is 1.78 bits per heavy atom. The van der Waals surface area contributed by atoms with Crippen LogP contribution in [0.2, 0.25) is 0 Å². The standard InChI is InChI=1S/C12H10F4N2/c13-7-6-9-8-17-18(11(9)12(14,15)16)10-4-2-1-3-5-10/h1-5,8H,6-7H2. The molecule has 2 nitrogen and oxygen atoms in total. The number of alkyl halides is 4. The van der Waals surface area contributed by atoms with Crippen molar-refractivity contribution in [1.29, 1.82) is 0 Å². The van der Waals surface area contributed by atoms with Gasteiger partial charge >= 0.3 is 6.18 Å². The van der Waals surface area contributed by atoms with E-state index < -0.39 is 18.5 Å². The number of halogens is 4. The topological polar surface area (TPSA) is 17.8 Å². The zero-order valence-electron chi connectivity index (χ0n) is 9.28. The molecule has 0 amide bonds. The molecule has 0 bridgehead atoms. The average Bonchev–Trinajstić information content (AvgIpc) is 2.74. The van der Waals surface area contributed by atoms with Gasteiger partial charge in [0.05, 0.1) is 18.6 Å². The Balaban J connectivity index is 2.55. The Kier molecular flexibility index (Phi) is 3.36. The molecular formula is C12H10F4N2. The summed E-state index contributed by atoms with van der Waals surface area (Å²) in [6.45, 7) is -0.844. The second kappa shape index (κ2) is 4.80. The maximum absolute atomic E-state index is 13.0. The maximum atomic E-state index is 13.0. The van der Waals surface area contributed by atoms with Gasteiger partial charge in [0.25, 0.3) is 0 Å². The van der Waals surface area contributed by atoms with Crippen molar-refractivity contribution < 1.29 is 17.6 Å². The van der Waals surface area contributed by atoms with Crippen LogP contribution in [-0.2, 0) is 12.6 Å². The Morgan fingerprint density at radius 3 is 2.33 bits per heavy atom. The molecule has 2 aromatic rings.